The van der Waals surface area contributed by atoms with Gasteiger partial charge >= 0.3 is 0 Å². The van der Waals surface area contributed by atoms with Crippen molar-refractivity contribution < 1.29 is 8.78 Å². The van der Waals surface area contributed by atoms with E-state index in [0.717, 1.165) is 17.1 Å². The molecule has 1 atom stereocenters. The fourth-order valence-electron chi connectivity index (χ4n) is 2.53. The highest BCUT2D eigenvalue weighted by Gasteiger charge is 2.19. The van der Waals surface area contributed by atoms with Gasteiger partial charge in [-0.05, 0) is 36.4 Å². The monoisotopic (exact) mass is 287 g/mol. The van der Waals surface area contributed by atoms with E-state index >= 15 is 0 Å². The lowest BCUT2D eigenvalue weighted by Gasteiger charge is -2.18. The van der Waals surface area contributed by atoms with Crippen molar-refractivity contribution in [2.24, 2.45) is 0 Å². The Balaban J connectivity index is 2.13. The summed E-state index contributed by atoms with van der Waals surface area (Å²) in [6.45, 7) is 2.63. The molecule has 0 aliphatic heterocycles. The summed E-state index contributed by atoms with van der Waals surface area (Å²) in [5.74, 6) is -1.16. The summed E-state index contributed by atoms with van der Waals surface area (Å²) < 4.78 is 28.7. The van der Waals surface area contributed by atoms with Crippen LogP contribution >= 0.6 is 0 Å². The van der Waals surface area contributed by atoms with Gasteiger partial charge < -0.3 is 5.32 Å². The van der Waals surface area contributed by atoms with Gasteiger partial charge in [0.05, 0.1) is 17.8 Å². The number of nitrogens with zero attached hydrogens (tertiary/aromatic N) is 2. The highest BCUT2D eigenvalue weighted by atomic mass is 19.1. The van der Waals surface area contributed by atoms with Crippen molar-refractivity contribution in [2.75, 3.05) is 6.54 Å². The van der Waals surface area contributed by atoms with E-state index in [1.54, 1.807) is 10.7 Å². The van der Waals surface area contributed by atoms with Crippen LogP contribution in [0.15, 0.2) is 48.8 Å². The van der Waals surface area contributed by atoms with Crippen LogP contribution in [0.25, 0.3) is 5.52 Å². The van der Waals surface area contributed by atoms with E-state index in [4.69, 9.17) is 0 Å². The van der Waals surface area contributed by atoms with E-state index in [2.05, 4.69) is 10.4 Å². The number of fused-ring (bicyclic) bond motifs is 1. The van der Waals surface area contributed by atoms with Gasteiger partial charge in [0.15, 0.2) is 0 Å². The Labute approximate surface area is 121 Å². The summed E-state index contributed by atoms with van der Waals surface area (Å²) >= 11 is 0. The Bertz CT molecular complexity index is 747. The number of halogens is 2. The van der Waals surface area contributed by atoms with Gasteiger partial charge in [-0.25, -0.2) is 13.3 Å². The smallest absolute Gasteiger partial charge is 0.126 e. The molecule has 1 aromatic carbocycles. The zero-order valence-electron chi connectivity index (χ0n) is 11.6. The molecule has 0 radical (unpaired) electrons. The lowest BCUT2D eigenvalue weighted by atomic mass is 9.99. The maximum Gasteiger partial charge on any atom is 0.126 e. The molecule has 3 rings (SSSR count). The third-order valence-corrected chi connectivity index (χ3v) is 3.39. The number of benzene rings is 1. The maximum absolute atomic E-state index is 13.5. The topological polar surface area (TPSA) is 29.3 Å². The summed E-state index contributed by atoms with van der Waals surface area (Å²) in [4.78, 5) is 0. The summed E-state index contributed by atoms with van der Waals surface area (Å²) in [6, 6.07) is 9.00. The zero-order valence-corrected chi connectivity index (χ0v) is 11.6. The molecule has 0 aliphatic rings. The molecule has 2 aromatic heterocycles. The Morgan fingerprint density at radius 1 is 1.19 bits per heavy atom. The van der Waals surface area contributed by atoms with Crippen molar-refractivity contribution in [2.45, 2.75) is 13.0 Å². The molecular formula is C16H15F2N3. The number of hydrogen-bond acceptors (Lipinski definition) is 2. The first kappa shape index (κ1) is 13.7. The molecule has 21 heavy (non-hydrogen) atoms. The minimum Gasteiger partial charge on any atom is -0.306 e. The average Bonchev–Trinajstić information content (AvgIpc) is 2.87. The standard InChI is InChI=1S/C16H15F2N3/c1-2-19-16(11-7-12(17)9-13(18)8-11)14-10-20-21-6-4-3-5-15(14)21/h3-10,16,19H,2H2,1H3. The van der Waals surface area contributed by atoms with E-state index in [1.807, 2.05) is 31.3 Å². The van der Waals surface area contributed by atoms with E-state index in [1.165, 1.54) is 12.1 Å². The van der Waals surface area contributed by atoms with Gasteiger partial charge in [0.1, 0.15) is 11.6 Å². The molecule has 0 fully saturated rings. The fourth-order valence-corrected chi connectivity index (χ4v) is 2.53. The van der Waals surface area contributed by atoms with Crippen LogP contribution in [0.3, 0.4) is 0 Å². The highest BCUT2D eigenvalue weighted by Crippen LogP contribution is 2.26. The summed E-state index contributed by atoms with van der Waals surface area (Å²) in [6.07, 6.45) is 3.57. The lowest BCUT2D eigenvalue weighted by Crippen LogP contribution is -2.22. The SMILES string of the molecule is CCNC(c1cc(F)cc(F)c1)c1cnn2ccccc12. The Kier molecular flexibility index (Phi) is 3.66. The van der Waals surface area contributed by atoms with Crippen LogP contribution in [0, 0.1) is 11.6 Å². The van der Waals surface area contributed by atoms with E-state index < -0.39 is 11.6 Å². The van der Waals surface area contributed by atoms with Gasteiger partial charge in [0.2, 0.25) is 0 Å². The van der Waals surface area contributed by atoms with Gasteiger partial charge in [-0.3, -0.25) is 0 Å². The van der Waals surface area contributed by atoms with E-state index in [-0.39, 0.29) is 6.04 Å². The van der Waals surface area contributed by atoms with E-state index in [9.17, 15) is 8.78 Å². The van der Waals surface area contributed by atoms with Crippen LogP contribution < -0.4 is 5.32 Å². The van der Waals surface area contributed by atoms with Crippen LogP contribution in [0.5, 0.6) is 0 Å². The predicted molar refractivity (Wildman–Crippen MR) is 77.1 cm³/mol. The van der Waals surface area contributed by atoms with Crippen molar-refractivity contribution in [1.82, 2.24) is 14.9 Å². The normalized spacial score (nSPS) is 12.7. The second-order valence-corrected chi connectivity index (χ2v) is 4.82. The largest absolute Gasteiger partial charge is 0.306 e. The van der Waals surface area contributed by atoms with Crippen LogP contribution in [0.2, 0.25) is 0 Å². The van der Waals surface area contributed by atoms with Crippen molar-refractivity contribution >= 4 is 5.52 Å². The lowest BCUT2D eigenvalue weighted by molar-refractivity contribution is 0.566. The van der Waals surface area contributed by atoms with Crippen LogP contribution in [0.1, 0.15) is 24.1 Å². The first-order valence-electron chi connectivity index (χ1n) is 6.80. The van der Waals surface area contributed by atoms with Crippen molar-refractivity contribution in [3.8, 4) is 0 Å². The Hall–Kier alpha value is -2.27. The molecule has 3 aromatic rings. The average molecular weight is 287 g/mol. The summed E-state index contributed by atoms with van der Waals surface area (Å²) in [5, 5.41) is 7.54. The molecule has 108 valence electrons. The molecule has 5 heteroatoms. The second-order valence-electron chi connectivity index (χ2n) is 4.82. The quantitative estimate of drug-likeness (QED) is 0.797. The second kappa shape index (κ2) is 5.61. The third-order valence-electron chi connectivity index (χ3n) is 3.39. The Morgan fingerprint density at radius 2 is 1.95 bits per heavy atom. The predicted octanol–water partition coefficient (Wildman–Crippen LogP) is 3.31. The van der Waals surface area contributed by atoms with Crippen LogP contribution in [0.4, 0.5) is 8.78 Å². The highest BCUT2D eigenvalue weighted by molar-refractivity contribution is 5.57. The molecule has 1 unspecified atom stereocenters. The Morgan fingerprint density at radius 3 is 2.67 bits per heavy atom. The first-order valence-corrected chi connectivity index (χ1v) is 6.80. The minimum absolute atomic E-state index is 0.305. The number of rotatable bonds is 4. The zero-order chi connectivity index (χ0) is 14.8. The molecule has 3 nitrogen and oxygen atoms in total. The number of nitrogens with one attached hydrogen (secondary N) is 1. The van der Waals surface area contributed by atoms with Gasteiger partial charge in [-0.15, -0.1) is 0 Å². The molecule has 1 N–H and O–H groups in total. The maximum atomic E-state index is 13.5. The first-order chi connectivity index (χ1) is 10.2. The van der Waals surface area contributed by atoms with Crippen molar-refractivity contribution in [3.63, 3.8) is 0 Å². The van der Waals surface area contributed by atoms with Crippen molar-refractivity contribution in [1.29, 1.82) is 0 Å². The minimum atomic E-state index is -0.579. The van der Waals surface area contributed by atoms with Gasteiger partial charge in [-0.2, -0.15) is 5.10 Å². The van der Waals surface area contributed by atoms with E-state index in [0.29, 0.717) is 12.1 Å². The molecule has 0 saturated carbocycles. The van der Waals surface area contributed by atoms with Gasteiger partial charge in [-0.1, -0.05) is 13.0 Å². The van der Waals surface area contributed by atoms with Gasteiger partial charge in [0.25, 0.3) is 0 Å². The summed E-state index contributed by atoms with van der Waals surface area (Å²) in [7, 11) is 0. The summed E-state index contributed by atoms with van der Waals surface area (Å²) in [5.41, 5.74) is 2.35. The molecule has 0 spiro atoms. The van der Waals surface area contributed by atoms with Crippen molar-refractivity contribution in [3.05, 3.63) is 71.6 Å². The molecule has 0 saturated heterocycles. The van der Waals surface area contributed by atoms with Gasteiger partial charge in [0, 0.05) is 17.8 Å². The molecular weight excluding hydrogens is 272 g/mol. The fraction of sp³-hybridized carbons (Fsp3) is 0.188. The third kappa shape index (κ3) is 2.64. The van der Waals surface area contributed by atoms with Crippen LogP contribution in [-0.4, -0.2) is 16.2 Å². The molecule has 0 amide bonds. The molecule has 0 bridgehead atoms. The molecule has 0 aliphatic carbocycles. The molecule has 2 heterocycles. The number of pyridine rings is 1. The number of hydrogen-bond donors (Lipinski definition) is 1. The number of aromatic nitrogens is 2. The van der Waals surface area contributed by atoms with Crippen LogP contribution in [-0.2, 0) is 0 Å².